The molecule has 0 amide bonds. The Hall–Kier alpha value is -1.14. The third-order valence-corrected chi connectivity index (χ3v) is 3.37. The lowest BCUT2D eigenvalue weighted by molar-refractivity contribution is 0.481. The van der Waals surface area contributed by atoms with Crippen molar-refractivity contribution in [2.45, 2.75) is 11.8 Å². The summed E-state index contributed by atoms with van der Waals surface area (Å²) in [4.78, 5) is 4.22. The Morgan fingerprint density at radius 1 is 1.26 bits per heavy atom. The molecule has 1 aromatic heterocycles. The van der Waals surface area contributed by atoms with Crippen molar-refractivity contribution in [2.24, 2.45) is 0 Å². The molecule has 0 saturated carbocycles. The molecule has 0 bridgehead atoms. The first-order valence-corrected chi connectivity index (χ1v) is 7.04. The first kappa shape index (κ1) is 14.3. The van der Waals surface area contributed by atoms with Gasteiger partial charge in [0, 0.05) is 17.8 Å². The lowest BCUT2D eigenvalue weighted by Crippen LogP contribution is -1.91. The molecule has 4 nitrogen and oxygen atoms in total. The zero-order chi connectivity index (χ0) is 14.0. The van der Waals surface area contributed by atoms with Gasteiger partial charge in [-0.05, 0) is 25.1 Å². The maximum atomic E-state index is 10.9. The van der Waals surface area contributed by atoms with Gasteiger partial charge in [0.15, 0.2) is 11.1 Å². The van der Waals surface area contributed by atoms with E-state index < -0.39 is 11.1 Å². The molecule has 1 N–H and O–H groups in total. The minimum atomic E-state index is -2.07. The number of nitrogens with zero attached hydrogens (tertiary/aromatic N) is 1. The molecule has 7 heteroatoms. The van der Waals surface area contributed by atoms with Crippen LogP contribution in [0.1, 0.15) is 5.69 Å². The van der Waals surface area contributed by atoms with Crippen LogP contribution in [-0.4, -0.2) is 13.7 Å². The maximum absolute atomic E-state index is 10.9. The first-order chi connectivity index (χ1) is 8.95. The Balaban J connectivity index is 2.30. The quantitative estimate of drug-likeness (QED) is 0.684. The number of ether oxygens (including phenoxy) is 1. The van der Waals surface area contributed by atoms with E-state index in [0.717, 1.165) is 0 Å². The lowest BCUT2D eigenvalue weighted by atomic mass is 10.3. The Morgan fingerprint density at radius 2 is 2.00 bits per heavy atom. The second-order valence-corrected chi connectivity index (χ2v) is 5.47. The fourth-order valence-electron chi connectivity index (χ4n) is 1.46. The van der Waals surface area contributed by atoms with E-state index in [0.29, 0.717) is 22.3 Å². The Labute approximate surface area is 122 Å². The molecule has 0 radical (unpaired) electrons. The summed E-state index contributed by atoms with van der Waals surface area (Å²) >= 11 is 9.74. The Kier molecular flexibility index (Phi) is 4.42. The van der Waals surface area contributed by atoms with Crippen LogP contribution in [0.3, 0.4) is 0 Å². The van der Waals surface area contributed by atoms with Crippen LogP contribution in [0.2, 0.25) is 10.2 Å². The van der Waals surface area contributed by atoms with Gasteiger partial charge in [0.2, 0.25) is 0 Å². The van der Waals surface area contributed by atoms with E-state index >= 15 is 0 Å². The summed E-state index contributed by atoms with van der Waals surface area (Å²) in [5.41, 5.74) is 0.715. The first-order valence-electron chi connectivity index (χ1n) is 5.18. The van der Waals surface area contributed by atoms with Gasteiger partial charge in [0.25, 0.3) is 0 Å². The van der Waals surface area contributed by atoms with E-state index in [1.807, 2.05) is 0 Å². The molecule has 1 atom stereocenters. The molecule has 19 heavy (non-hydrogen) atoms. The molecular formula is C12H9Cl2NO3S. The predicted molar refractivity (Wildman–Crippen MR) is 74.5 cm³/mol. The summed E-state index contributed by atoms with van der Waals surface area (Å²) in [5, 5.41) is 0.560. The fraction of sp³-hybridized carbons (Fsp3) is 0.0833. The van der Waals surface area contributed by atoms with Gasteiger partial charge in [-0.15, -0.1) is 0 Å². The highest BCUT2D eigenvalue weighted by Crippen LogP contribution is 2.31. The number of pyridine rings is 1. The van der Waals surface area contributed by atoms with Crippen molar-refractivity contribution < 1.29 is 13.5 Å². The smallest absolute Gasteiger partial charge is 0.186 e. The highest BCUT2D eigenvalue weighted by molar-refractivity contribution is 7.79. The van der Waals surface area contributed by atoms with Crippen LogP contribution in [-0.2, 0) is 11.1 Å². The Morgan fingerprint density at radius 3 is 2.58 bits per heavy atom. The number of rotatable bonds is 3. The second-order valence-electron chi connectivity index (χ2n) is 3.71. The van der Waals surface area contributed by atoms with Crippen LogP contribution >= 0.6 is 23.2 Å². The SMILES string of the molecule is Cc1cc(Oc2ccc(S(=O)O)cc2Cl)cc(Cl)n1. The van der Waals surface area contributed by atoms with Crippen molar-refractivity contribution in [1.29, 1.82) is 0 Å². The van der Waals surface area contributed by atoms with Gasteiger partial charge in [-0.1, -0.05) is 23.2 Å². The molecule has 0 aliphatic rings. The fourth-order valence-corrected chi connectivity index (χ4v) is 2.38. The number of halogens is 2. The third-order valence-electron chi connectivity index (χ3n) is 2.23. The maximum Gasteiger partial charge on any atom is 0.186 e. The number of hydrogen-bond acceptors (Lipinski definition) is 3. The van der Waals surface area contributed by atoms with Crippen LogP contribution in [0.5, 0.6) is 11.5 Å². The summed E-state index contributed by atoms with van der Waals surface area (Å²) < 4.78 is 25.4. The molecule has 0 spiro atoms. The highest BCUT2D eigenvalue weighted by Gasteiger charge is 2.08. The second kappa shape index (κ2) is 5.88. The van der Waals surface area contributed by atoms with Crippen molar-refractivity contribution in [3.8, 4) is 11.5 Å². The number of benzene rings is 1. The summed E-state index contributed by atoms with van der Waals surface area (Å²) in [7, 11) is 0. The zero-order valence-corrected chi connectivity index (χ0v) is 12.1. The predicted octanol–water partition coefficient (Wildman–Crippen LogP) is 4.07. The van der Waals surface area contributed by atoms with Crippen molar-refractivity contribution in [2.75, 3.05) is 0 Å². The number of aromatic nitrogens is 1. The molecule has 2 rings (SSSR count). The molecule has 0 aliphatic carbocycles. The normalized spacial score (nSPS) is 12.2. The molecule has 2 aromatic rings. The van der Waals surface area contributed by atoms with Crippen LogP contribution < -0.4 is 4.74 Å². The standard InChI is InChI=1S/C12H9Cl2NO3S/c1-7-4-8(5-12(14)15-7)18-11-3-2-9(19(16)17)6-10(11)13/h2-6H,1H3,(H,16,17). The van der Waals surface area contributed by atoms with Crippen LogP contribution in [0.4, 0.5) is 0 Å². The van der Waals surface area contributed by atoms with Gasteiger partial charge >= 0.3 is 0 Å². The van der Waals surface area contributed by atoms with Crippen molar-refractivity contribution >= 4 is 34.3 Å². The molecule has 1 heterocycles. The minimum Gasteiger partial charge on any atom is -0.456 e. The van der Waals surface area contributed by atoms with Gasteiger partial charge in [-0.3, -0.25) is 0 Å². The van der Waals surface area contributed by atoms with Gasteiger partial charge in [0.1, 0.15) is 16.7 Å². The Bertz CT molecular complexity index is 629. The summed E-state index contributed by atoms with van der Waals surface area (Å²) in [6.45, 7) is 1.79. The van der Waals surface area contributed by atoms with Gasteiger partial charge in [-0.25, -0.2) is 9.19 Å². The third kappa shape index (κ3) is 3.67. The van der Waals surface area contributed by atoms with Crippen LogP contribution in [0, 0.1) is 6.92 Å². The average molecular weight is 318 g/mol. The van der Waals surface area contributed by atoms with E-state index in [-0.39, 0.29) is 9.92 Å². The van der Waals surface area contributed by atoms with E-state index in [9.17, 15) is 4.21 Å². The monoisotopic (exact) mass is 317 g/mol. The summed E-state index contributed by atoms with van der Waals surface area (Å²) in [6, 6.07) is 7.63. The molecule has 100 valence electrons. The largest absolute Gasteiger partial charge is 0.456 e. The zero-order valence-electron chi connectivity index (χ0n) is 9.76. The molecule has 0 saturated heterocycles. The number of hydrogen-bond donors (Lipinski definition) is 1. The van der Waals surface area contributed by atoms with Crippen molar-refractivity contribution in [3.05, 3.63) is 46.2 Å². The highest BCUT2D eigenvalue weighted by atomic mass is 35.5. The van der Waals surface area contributed by atoms with Crippen LogP contribution in [0.25, 0.3) is 0 Å². The lowest BCUT2D eigenvalue weighted by Gasteiger charge is -2.09. The summed E-state index contributed by atoms with van der Waals surface area (Å²) in [6.07, 6.45) is 0. The van der Waals surface area contributed by atoms with Gasteiger partial charge < -0.3 is 9.29 Å². The van der Waals surface area contributed by atoms with Crippen LogP contribution in [0.15, 0.2) is 35.2 Å². The van der Waals surface area contributed by atoms with Gasteiger partial charge in [0.05, 0.1) is 9.92 Å². The van der Waals surface area contributed by atoms with E-state index in [4.69, 9.17) is 32.5 Å². The van der Waals surface area contributed by atoms with Crippen molar-refractivity contribution in [1.82, 2.24) is 4.98 Å². The molecule has 1 aromatic carbocycles. The number of aryl methyl sites for hydroxylation is 1. The van der Waals surface area contributed by atoms with Crippen molar-refractivity contribution in [3.63, 3.8) is 0 Å². The van der Waals surface area contributed by atoms with E-state index in [1.165, 1.54) is 18.2 Å². The molecule has 0 aliphatic heterocycles. The minimum absolute atomic E-state index is 0.210. The van der Waals surface area contributed by atoms with Gasteiger partial charge in [-0.2, -0.15) is 0 Å². The molecule has 1 unspecified atom stereocenters. The average Bonchev–Trinajstić information content (AvgIpc) is 2.30. The molecule has 0 fully saturated rings. The summed E-state index contributed by atoms with van der Waals surface area (Å²) in [5.74, 6) is 0.870. The van der Waals surface area contributed by atoms with E-state index in [2.05, 4.69) is 4.98 Å². The van der Waals surface area contributed by atoms with E-state index in [1.54, 1.807) is 19.1 Å². The topological polar surface area (TPSA) is 59.4 Å². The molecular weight excluding hydrogens is 309 g/mol.